The first-order valence-corrected chi connectivity index (χ1v) is 6.43. The molecule has 0 bridgehead atoms. The lowest BCUT2D eigenvalue weighted by atomic mass is 10.1. The van der Waals surface area contributed by atoms with E-state index in [9.17, 15) is 15.2 Å². The van der Waals surface area contributed by atoms with E-state index in [4.69, 9.17) is 0 Å². The average Bonchev–Trinajstić information content (AvgIpc) is 3.07. The molecule has 1 atom stereocenters. The predicted octanol–water partition coefficient (Wildman–Crippen LogP) is 1.82. The number of nitro groups is 1. The van der Waals surface area contributed by atoms with Crippen molar-refractivity contribution in [1.29, 1.82) is 0 Å². The van der Waals surface area contributed by atoms with Gasteiger partial charge >= 0.3 is 5.69 Å². The first kappa shape index (κ1) is 13.0. The zero-order chi connectivity index (χ0) is 13.3. The van der Waals surface area contributed by atoms with Crippen molar-refractivity contribution < 1.29 is 10.0 Å². The number of aliphatic hydroxyl groups excluding tert-OH is 1. The second-order valence-electron chi connectivity index (χ2n) is 4.97. The number of hydrogen-bond donors (Lipinski definition) is 1. The molecule has 0 saturated heterocycles. The number of nitrogens with zero attached hydrogens (tertiary/aromatic N) is 3. The third-order valence-corrected chi connectivity index (χ3v) is 3.38. The molecule has 1 fully saturated rings. The van der Waals surface area contributed by atoms with E-state index in [0.29, 0.717) is 30.3 Å². The van der Waals surface area contributed by atoms with E-state index < -0.39 is 6.10 Å². The lowest BCUT2D eigenvalue weighted by Gasteiger charge is -2.10. The zero-order valence-corrected chi connectivity index (χ0v) is 10.8. The first-order chi connectivity index (χ1) is 8.54. The van der Waals surface area contributed by atoms with E-state index in [1.54, 1.807) is 11.6 Å². The molecule has 0 aliphatic heterocycles. The van der Waals surface area contributed by atoms with Crippen LogP contribution in [0, 0.1) is 23.0 Å². The van der Waals surface area contributed by atoms with Crippen molar-refractivity contribution in [2.24, 2.45) is 5.92 Å². The summed E-state index contributed by atoms with van der Waals surface area (Å²) >= 11 is 0. The summed E-state index contributed by atoms with van der Waals surface area (Å²) in [6.45, 7) is 4.31. The molecule has 1 aliphatic rings. The van der Waals surface area contributed by atoms with Crippen LogP contribution in [0.4, 0.5) is 5.69 Å². The van der Waals surface area contributed by atoms with Crippen LogP contribution in [0.5, 0.6) is 0 Å². The fourth-order valence-electron chi connectivity index (χ4n) is 2.30. The van der Waals surface area contributed by atoms with E-state index in [2.05, 4.69) is 5.10 Å². The minimum atomic E-state index is -0.476. The molecule has 2 rings (SSSR count). The number of hydrogen-bond acceptors (Lipinski definition) is 4. The Labute approximate surface area is 106 Å². The van der Waals surface area contributed by atoms with Gasteiger partial charge in [-0.15, -0.1) is 0 Å². The van der Waals surface area contributed by atoms with Crippen LogP contribution in [0.1, 0.15) is 37.6 Å². The summed E-state index contributed by atoms with van der Waals surface area (Å²) in [5.41, 5.74) is 1.08. The highest BCUT2D eigenvalue weighted by Crippen LogP contribution is 2.35. The minimum absolute atomic E-state index is 0.0724. The molecule has 1 aromatic rings. The van der Waals surface area contributed by atoms with Gasteiger partial charge in [-0.1, -0.05) is 6.92 Å². The van der Waals surface area contributed by atoms with Crippen molar-refractivity contribution in [3.05, 3.63) is 21.5 Å². The number of aliphatic hydroxyl groups is 1. The maximum atomic E-state index is 11.1. The van der Waals surface area contributed by atoms with Crippen LogP contribution in [0.25, 0.3) is 0 Å². The van der Waals surface area contributed by atoms with Crippen molar-refractivity contribution in [3.8, 4) is 0 Å². The highest BCUT2D eigenvalue weighted by atomic mass is 16.6. The quantitative estimate of drug-likeness (QED) is 0.619. The van der Waals surface area contributed by atoms with E-state index in [0.717, 1.165) is 19.3 Å². The maximum absolute atomic E-state index is 11.1. The lowest BCUT2D eigenvalue weighted by molar-refractivity contribution is -0.386. The van der Waals surface area contributed by atoms with E-state index in [1.807, 2.05) is 6.92 Å². The Bertz CT molecular complexity index is 452. The number of aromatic nitrogens is 2. The van der Waals surface area contributed by atoms with Gasteiger partial charge in [-0.3, -0.25) is 14.8 Å². The summed E-state index contributed by atoms with van der Waals surface area (Å²) in [4.78, 5) is 10.7. The largest absolute Gasteiger partial charge is 0.392 e. The monoisotopic (exact) mass is 253 g/mol. The predicted molar refractivity (Wildman–Crippen MR) is 66.3 cm³/mol. The maximum Gasteiger partial charge on any atom is 0.313 e. The van der Waals surface area contributed by atoms with E-state index >= 15 is 0 Å². The van der Waals surface area contributed by atoms with E-state index in [-0.39, 0.29) is 10.6 Å². The smallest absolute Gasteiger partial charge is 0.313 e. The fraction of sp³-hybridized carbons (Fsp3) is 0.750. The summed E-state index contributed by atoms with van der Waals surface area (Å²) in [5.74, 6) is 0.315. The normalized spacial score (nSPS) is 16.8. The van der Waals surface area contributed by atoms with E-state index in [1.165, 1.54) is 0 Å². The van der Waals surface area contributed by atoms with Crippen molar-refractivity contribution in [2.45, 2.75) is 52.2 Å². The van der Waals surface area contributed by atoms with Crippen LogP contribution in [0.15, 0.2) is 0 Å². The average molecular weight is 253 g/mol. The van der Waals surface area contributed by atoms with Gasteiger partial charge in [0.15, 0.2) is 0 Å². The van der Waals surface area contributed by atoms with Gasteiger partial charge in [0.05, 0.1) is 11.0 Å². The Kier molecular flexibility index (Phi) is 3.65. The van der Waals surface area contributed by atoms with Gasteiger partial charge in [-0.05, 0) is 32.1 Å². The molecule has 1 aromatic heterocycles. The van der Waals surface area contributed by atoms with Gasteiger partial charge < -0.3 is 5.11 Å². The molecular formula is C12H19N3O3. The van der Waals surface area contributed by atoms with Crippen LogP contribution >= 0.6 is 0 Å². The molecule has 18 heavy (non-hydrogen) atoms. The fourth-order valence-corrected chi connectivity index (χ4v) is 2.30. The summed E-state index contributed by atoms with van der Waals surface area (Å²) in [7, 11) is 0. The standard InChI is InChI=1S/C12H19N3O3/c1-3-6-14-10(7-11(16)9-4-5-9)12(15(17)18)8(2)13-14/h9,11,16H,3-7H2,1-2H3. The van der Waals surface area contributed by atoms with Crippen LogP contribution in [0.3, 0.4) is 0 Å². The number of rotatable bonds is 6. The summed E-state index contributed by atoms with van der Waals surface area (Å²) in [5, 5.41) is 25.3. The Morgan fingerprint density at radius 1 is 1.61 bits per heavy atom. The SMILES string of the molecule is CCCn1nc(C)c([N+](=O)[O-])c1CC(O)C1CC1. The molecule has 6 nitrogen and oxygen atoms in total. The van der Waals surface area contributed by atoms with Crippen molar-refractivity contribution in [2.75, 3.05) is 0 Å². The van der Waals surface area contributed by atoms with Crippen molar-refractivity contribution in [1.82, 2.24) is 9.78 Å². The second-order valence-corrected chi connectivity index (χ2v) is 4.97. The first-order valence-electron chi connectivity index (χ1n) is 6.43. The Morgan fingerprint density at radius 2 is 2.28 bits per heavy atom. The Hall–Kier alpha value is -1.43. The van der Waals surface area contributed by atoms with Gasteiger partial charge in [-0.25, -0.2) is 0 Å². The molecule has 0 spiro atoms. The molecule has 1 N–H and O–H groups in total. The van der Waals surface area contributed by atoms with Crippen molar-refractivity contribution in [3.63, 3.8) is 0 Å². The molecule has 100 valence electrons. The Balaban J connectivity index is 2.30. The van der Waals surface area contributed by atoms with Crippen LogP contribution in [-0.2, 0) is 13.0 Å². The molecule has 1 heterocycles. The highest BCUT2D eigenvalue weighted by molar-refractivity contribution is 5.41. The molecule has 1 aliphatic carbocycles. The molecule has 6 heteroatoms. The van der Waals surface area contributed by atoms with Gasteiger partial charge in [0.2, 0.25) is 0 Å². The third kappa shape index (κ3) is 2.53. The molecular weight excluding hydrogens is 234 g/mol. The van der Waals surface area contributed by atoms with Gasteiger partial charge in [0.1, 0.15) is 11.4 Å². The summed E-state index contributed by atoms with van der Waals surface area (Å²) in [6, 6.07) is 0. The molecule has 0 aromatic carbocycles. The zero-order valence-electron chi connectivity index (χ0n) is 10.8. The molecule has 1 unspecified atom stereocenters. The Morgan fingerprint density at radius 3 is 2.78 bits per heavy atom. The summed E-state index contributed by atoms with van der Waals surface area (Å²) in [6.07, 6.45) is 2.77. The van der Waals surface area contributed by atoms with Gasteiger partial charge in [0, 0.05) is 13.0 Å². The second kappa shape index (κ2) is 5.06. The third-order valence-electron chi connectivity index (χ3n) is 3.38. The number of aryl methyl sites for hydroxylation is 2. The van der Waals surface area contributed by atoms with Crippen molar-refractivity contribution >= 4 is 5.69 Å². The highest BCUT2D eigenvalue weighted by Gasteiger charge is 2.34. The van der Waals surface area contributed by atoms with Crippen LogP contribution in [-0.4, -0.2) is 25.9 Å². The topological polar surface area (TPSA) is 81.2 Å². The lowest BCUT2D eigenvalue weighted by Crippen LogP contribution is -2.17. The van der Waals surface area contributed by atoms with Crippen LogP contribution < -0.4 is 0 Å². The molecule has 1 saturated carbocycles. The van der Waals surface area contributed by atoms with Gasteiger partial charge in [-0.2, -0.15) is 5.10 Å². The summed E-state index contributed by atoms with van der Waals surface area (Å²) < 4.78 is 1.68. The molecule has 0 radical (unpaired) electrons. The minimum Gasteiger partial charge on any atom is -0.392 e. The van der Waals surface area contributed by atoms with Crippen LogP contribution in [0.2, 0.25) is 0 Å². The van der Waals surface area contributed by atoms with Gasteiger partial charge in [0.25, 0.3) is 0 Å². The molecule has 0 amide bonds.